The van der Waals surface area contributed by atoms with E-state index in [1.807, 2.05) is 24.3 Å². The molecule has 1 N–H and O–H groups in total. The number of thiocarbonyl (C=S) groups is 1. The van der Waals surface area contributed by atoms with Crippen molar-refractivity contribution in [3.63, 3.8) is 0 Å². The summed E-state index contributed by atoms with van der Waals surface area (Å²) in [6.45, 7) is 2.42. The number of ether oxygens (including phenoxy) is 1. The van der Waals surface area contributed by atoms with E-state index in [1.54, 1.807) is 0 Å². The molecule has 2 nitrogen and oxygen atoms in total. The summed E-state index contributed by atoms with van der Waals surface area (Å²) in [5.41, 5.74) is 1.02. The first-order valence-corrected chi connectivity index (χ1v) is 5.68. The van der Waals surface area contributed by atoms with Crippen molar-refractivity contribution in [1.82, 2.24) is 5.32 Å². The number of nitrogens with one attached hydrogen (secondary N) is 1. The van der Waals surface area contributed by atoms with Crippen molar-refractivity contribution in [2.75, 3.05) is 19.7 Å². The molecule has 1 unspecified atom stereocenters. The van der Waals surface area contributed by atoms with Gasteiger partial charge in [-0.25, -0.2) is 0 Å². The summed E-state index contributed by atoms with van der Waals surface area (Å²) in [6, 6.07) is 7.56. The number of hydrogen-bond acceptors (Lipinski definition) is 3. The minimum Gasteiger partial charge on any atom is -0.370 e. The second kappa shape index (κ2) is 5.03. The van der Waals surface area contributed by atoms with Crippen LogP contribution in [-0.2, 0) is 4.74 Å². The smallest absolute Gasteiger partial charge is 0.106 e. The average molecular weight is 242 g/mol. The van der Waals surface area contributed by atoms with E-state index in [1.165, 1.54) is 0 Å². The molecule has 1 saturated heterocycles. The molecule has 1 heterocycles. The Morgan fingerprint density at radius 3 is 2.73 bits per heavy atom. The van der Waals surface area contributed by atoms with Gasteiger partial charge in [-0.15, -0.1) is 0 Å². The van der Waals surface area contributed by atoms with Crippen LogP contribution < -0.4 is 5.32 Å². The number of halogens is 1. The van der Waals surface area contributed by atoms with Gasteiger partial charge in [0, 0.05) is 18.1 Å². The highest BCUT2D eigenvalue weighted by Gasteiger charge is 2.19. The van der Waals surface area contributed by atoms with Gasteiger partial charge in [-0.2, -0.15) is 0 Å². The van der Waals surface area contributed by atoms with E-state index >= 15 is 0 Å². The van der Waals surface area contributed by atoms with Gasteiger partial charge in [-0.3, -0.25) is 0 Å². The molecule has 0 aromatic heterocycles. The molecule has 0 amide bonds. The van der Waals surface area contributed by atoms with Crippen LogP contribution >= 0.6 is 23.8 Å². The van der Waals surface area contributed by atoms with Gasteiger partial charge in [0.15, 0.2) is 0 Å². The molecular formula is C11H12ClNOS. The first-order valence-electron chi connectivity index (χ1n) is 4.89. The van der Waals surface area contributed by atoms with Crippen molar-refractivity contribution >= 4 is 28.7 Å². The van der Waals surface area contributed by atoms with Crippen molar-refractivity contribution in [2.45, 2.75) is 6.10 Å². The molecule has 80 valence electrons. The Morgan fingerprint density at radius 2 is 2.13 bits per heavy atom. The Morgan fingerprint density at radius 1 is 1.40 bits per heavy atom. The fourth-order valence-electron chi connectivity index (χ4n) is 1.53. The predicted octanol–water partition coefficient (Wildman–Crippen LogP) is 2.05. The summed E-state index contributed by atoms with van der Waals surface area (Å²) in [6.07, 6.45) is 0.00919. The van der Waals surface area contributed by atoms with Gasteiger partial charge in [0.05, 0.1) is 11.5 Å². The van der Waals surface area contributed by atoms with Crippen LogP contribution in [0.5, 0.6) is 0 Å². The molecule has 1 fully saturated rings. The Balaban J connectivity index is 2.09. The van der Waals surface area contributed by atoms with Crippen LogP contribution in [0.15, 0.2) is 24.3 Å². The lowest BCUT2D eigenvalue weighted by Crippen LogP contribution is -2.42. The van der Waals surface area contributed by atoms with Crippen LogP contribution in [0.1, 0.15) is 5.56 Å². The van der Waals surface area contributed by atoms with Crippen LogP contribution in [0.4, 0.5) is 0 Å². The first kappa shape index (κ1) is 11.0. The maximum atomic E-state index is 5.82. The number of rotatable bonds is 2. The molecular weight excluding hydrogens is 230 g/mol. The molecule has 0 aliphatic carbocycles. The minimum absolute atomic E-state index is 0.00919. The number of morpholine rings is 1. The standard InChI is InChI=1S/C11H12ClNOS/c12-9-3-1-8(2-4-9)11(15)10-7-13-5-6-14-10/h1-4,10,13H,5-7H2. The zero-order valence-corrected chi connectivity index (χ0v) is 9.77. The van der Waals surface area contributed by atoms with E-state index in [4.69, 9.17) is 28.6 Å². The van der Waals surface area contributed by atoms with Gasteiger partial charge in [-0.1, -0.05) is 36.0 Å². The molecule has 1 aromatic carbocycles. The zero-order valence-electron chi connectivity index (χ0n) is 8.20. The van der Waals surface area contributed by atoms with Gasteiger partial charge in [0.25, 0.3) is 0 Å². The highest BCUT2D eigenvalue weighted by atomic mass is 35.5. The molecule has 1 aliphatic heterocycles. The molecule has 2 rings (SSSR count). The van der Waals surface area contributed by atoms with E-state index in [2.05, 4.69) is 5.32 Å². The van der Waals surface area contributed by atoms with Crippen LogP contribution in [0, 0.1) is 0 Å². The first-order chi connectivity index (χ1) is 7.27. The lowest BCUT2D eigenvalue weighted by Gasteiger charge is -2.24. The largest absolute Gasteiger partial charge is 0.370 e. The van der Waals surface area contributed by atoms with Crippen LogP contribution in [-0.4, -0.2) is 30.7 Å². The van der Waals surface area contributed by atoms with E-state index in [-0.39, 0.29) is 6.10 Å². The number of hydrogen-bond donors (Lipinski definition) is 1. The summed E-state index contributed by atoms with van der Waals surface area (Å²) >= 11 is 11.2. The monoisotopic (exact) mass is 241 g/mol. The van der Waals surface area contributed by atoms with E-state index in [0.29, 0.717) is 0 Å². The summed E-state index contributed by atoms with van der Waals surface area (Å²) in [5, 5.41) is 3.98. The van der Waals surface area contributed by atoms with Crippen molar-refractivity contribution in [1.29, 1.82) is 0 Å². The second-order valence-corrected chi connectivity index (χ2v) is 4.31. The van der Waals surface area contributed by atoms with E-state index < -0.39 is 0 Å². The third-order valence-corrected chi connectivity index (χ3v) is 3.10. The molecule has 0 saturated carbocycles. The molecule has 0 bridgehead atoms. The highest BCUT2D eigenvalue weighted by Crippen LogP contribution is 2.13. The SMILES string of the molecule is S=C(c1ccc(Cl)cc1)C1CNCCO1. The Hall–Kier alpha value is -0.480. The van der Waals surface area contributed by atoms with Gasteiger partial charge < -0.3 is 10.1 Å². The lowest BCUT2D eigenvalue weighted by molar-refractivity contribution is 0.0729. The Labute approximate surface area is 99.6 Å². The maximum absolute atomic E-state index is 5.82. The summed E-state index contributed by atoms with van der Waals surface area (Å²) in [7, 11) is 0. The van der Waals surface area contributed by atoms with Crippen LogP contribution in [0.25, 0.3) is 0 Å². The fraction of sp³-hybridized carbons (Fsp3) is 0.364. The van der Waals surface area contributed by atoms with Crippen molar-refractivity contribution in [3.8, 4) is 0 Å². The molecule has 1 aromatic rings. The molecule has 4 heteroatoms. The van der Waals surface area contributed by atoms with Crippen molar-refractivity contribution < 1.29 is 4.74 Å². The molecule has 1 atom stereocenters. The fourth-order valence-corrected chi connectivity index (χ4v) is 1.95. The quantitative estimate of drug-likeness (QED) is 0.633. The third-order valence-electron chi connectivity index (χ3n) is 2.35. The molecule has 1 aliphatic rings. The minimum atomic E-state index is 0.00919. The maximum Gasteiger partial charge on any atom is 0.106 e. The van der Waals surface area contributed by atoms with E-state index in [0.717, 1.165) is 35.1 Å². The molecule has 0 radical (unpaired) electrons. The van der Waals surface area contributed by atoms with Gasteiger partial charge >= 0.3 is 0 Å². The zero-order chi connectivity index (χ0) is 10.7. The summed E-state index contributed by atoms with van der Waals surface area (Å²) in [5.74, 6) is 0. The second-order valence-electron chi connectivity index (χ2n) is 3.43. The topological polar surface area (TPSA) is 21.3 Å². The van der Waals surface area contributed by atoms with Crippen LogP contribution in [0.3, 0.4) is 0 Å². The van der Waals surface area contributed by atoms with Crippen LogP contribution in [0.2, 0.25) is 5.02 Å². The normalized spacial score (nSPS) is 21.3. The average Bonchev–Trinajstić information content (AvgIpc) is 2.30. The van der Waals surface area contributed by atoms with Gasteiger partial charge in [0.2, 0.25) is 0 Å². The molecule has 0 spiro atoms. The molecule has 15 heavy (non-hydrogen) atoms. The number of benzene rings is 1. The van der Waals surface area contributed by atoms with Crippen molar-refractivity contribution in [2.24, 2.45) is 0 Å². The van der Waals surface area contributed by atoms with E-state index in [9.17, 15) is 0 Å². The summed E-state index contributed by atoms with van der Waals surface area (Å²) < 4.78 is 5.59. The lowest BCUT2D eigenvalue weighted by atomic mass is 10.1. The van der Waals surface area contributed by atoms with Gasteiger partial charge in [-0.05, 0) is 17.7 Å². The summed E-state index contributed by atoms with van der Waals surface area (Å²) in [4.78, 5) is 0.846. The Bertz CT molecular complexity index is 346. The highest BCUT2D eigenvalue weighted by molar-refractivity contribution is 7.81. The predicted molar refractivity (Wildman–Crippen MR) is 65.8 cm³/mol. The van der Waals surface area contributed by atoms with Gasteiger partial charge in [0.1, 0.15) is 6.10 Å². The third kappa shape index (κ3) is 2.75. The van der Waals surface area contributed by atoms with Crippen molar-refractivity contribution in [3.05, 3.63) is 34.9 Å². The Kier molecular flexibility index (Phi) is 3.70.